The molecule has 3 N–H and O–H groups in total. The molecule has 0 amide bonds. The Bertz CT molecular complexity index is 1010. The smallest absolute Gasteiger partial charge is 0.343 e. The number of carbonyl (C=O) groups excluding carboxylic acids is 1. The number of piperazine rings is 1. The van der Waals surface area contributed by atoms with E-state index in [-0.39, 0.29) is 23.6 Å². The van der Waals surface area contributed by atoms with Crippen LogP contribution in [-0.4, -0.2) is 68.4 Å². The van der Waals surface area contributed by atoms with Crippen LogP contribution < -0.4 is 20.8 Å². The first-order valence-electron chi connectivity index (χ1n) is 9.86. The predicted octanol–water partition coefficient (Wildman–Crippen LogP) is 0.245. The van der Waals surface area contributed by atoms with Crippen LogP contribution in [0.5, 0.6) is 5.75 Å². The molecule has 9 heteroatoms. The van der Waals surface area contributed by atoms with Gasteiger partial charge in [0.05, 0.1) is 16.9 Å². The highest BCUT2D eigenvalue weighted by Crippen LogP contribution is 2.42. The molecule has 1 fully saturated rings. The summed E-state index contributed by atoms with van der Waals surface area (Å²) in [5.74, 6) is -0.857. The predicted molar refractivity (Wildman–Crippen MR) is 106 cm³/mol. The van der Waals surface area contributed by atoms with Gasteiger partial charge in [0, 0.05) is 32.4 Å². The summed E-state index contributed by atoms with van der Waals surface area (Å²) in [7, 11) is 2.03. The maximum atomic E-state index is 15.2. The molecule has 8 nitrogen and oxygen atoms in total. The summed E-state index contributed by atoms with van der Waals surface area (Å²) in [5, 5.41) is 0.131. The minimum Gasteiger partial charge on any atom is -0.487 e. The Morgan fingerprint density at radius 2 is 2.07 bits per heavy atom. The molecule has 0 spiro atoms. The number of nitrogens with zero attached hydrogens (tertiary/aromatic N) is 3. The summed E-state index contributed by atoms with van der Waals surface area (Å²) >= 11 is 0. The van der Waals surface area contributed by atoms with E-state index in [4.69, 9.17) is 9.47 Å². The Labute approximate surface area is 167 Å². The van der Waals surface area contributed by atoms with E-state index < -0.39 is 17.2 Å². The van der Waals surface area contributed by atoms with E-state index in [1.54, 1.807) is 0 Å². The SMILES string of the molecule is CC1COc2c(N3CCN(C)CC3)c(F)cc3c(=O)c(C(=O)OCC[NH3+])cn1c23. The molecule has 2 aromatic rings. The molecule has 1 unspecified atom stereocenters. The number of carbonyl (C=O) groups is 1. The Balaban J connectivity index is 1.91. The van der Waals surface area contributed by atoms with Gasteiger partial charge in [0.2, 0.25) is 5.43 Å². The van der Waals surface area contributed by atoms with Crippen LogP contribution in [0.1, 0.15) is 23.3 Å². The first kappa shape index (κ1) is 19.7. The van der Waals surface area contributed by atoms with E-state index in [1.807, 2.05) is 23.4 Å². The highest BCUT2D eigenvalue weighted by Gasteiger charge is 2.31. The van der Waals surface area contributed by atoms with Gasteiger partial charge in [-0.25, -0.2) is 9.18 Å². The Kier molecular flexibility index (Phi) is 5.18. The fourth-order valence-electron chi connectivity index (χ4n) is 3.92. The van der Waals surface area contributed by atoms with Crippen molar-refractivity contribution in [2.24, 2.45) is 0 Å². The van der Waals surface area contributed by atoms with Gasteiger partial charge in [-0.3, -0.25) is 4.79 Å². The normalized spacial score (nSPS) is 19.3. The lowest BCUT2D eigenvalue weighted by Crippen LogP contribution is -2.52. The van der Waals surface area contributed by atoms with Crippen LogP contribution in [0, 0.1) is 5.82 Å². The summed E-state index contributed by atoms with van der Waals surface area (Å²) in [6, 6.07) is 1.11. The molecule has 4 rings (SSSR count). The van der Waals surface area contributed by atoms with Crippen LogP contribution in [0.2, 0.25) is 0 Å². The zero-order valence-corrected chi connectivity index (χ0v) is 16.7. The van der Waals surface area contributed by atoms with Crippen molar-refractivity contribution in [3.63, 3.8) is 0 Å². The van der Waals surface area contributed by atoms with E-state index in [9.17, 15) is 9.59 Å². The van der Waals surface area contributed by atoms with Gasteiger partial charge in [-0.05, 0) is 20.0 Å². The molecule has 0 aliphatic carbocycles. The van der Waals surface area contributed by atoms with Gasteiger partial charge in [-0.2, -0.15) is 0 Å². The van der Waals surface area contributed by atoms with Gasteiger partial charge in [0.1, 0.15) is 31.0 Å². The van der Waals surface area contributed by atoms with Crippen molar-refractivity contribution in [3.8, 4) is 5.75 Å². The number of esters is 1. The molecule has 156 valence electrons. The van der Waals surface area contributed by atoms with Gasteiger partial charge in [0.15, 0.2) is 11.6 Å². The summed E-state index contributed by atoms with van der Waals surface area (Å²) in [5.41, 5.74) is 3.89. The molecule has 1 atom stereocenters. The molecule has 1 aromatic heterocycles. The van der Waals surface area contributed by atoms with E-state index in [1.165, 1.54) is 12.3 Å². The first-order chi connectivity index (χ1) is 13.9. The number of halogens is 1. The second-order valence-electron chi connectivity index (χ2n) is 7.65. The van der Waals surface area contributed by atoms with Crippen LogP contribution in [0.4, 0.5) is 10.1 Å². The molecular weight excluding hydrogens is 379 g/mol. The number of hydrogen-bond acceptors (Lipinski definition) is 6. The van der Waals surface area contributed by atoms with Crippen molar-refractivity contribution in [1.82, 2.24) is 9.47 Å². The minimum atomic E-state index is -0.715. The molecule has 29 heavy (non-hydrogen) atoms. The molecule has 0 radical (unpaired) electrons. The van der Waals surface area contributed by atoms with Gasteiger partial charge in [-0.1, -0.05) is 0 Å². The van der Waals surface area contributed by atoms with Crippen molar-refractivity contribution in [1.29, 1.82) is 0 Å². The lowest BCUT2D eigenvalue weighted by Gasteiger charge is -2.37. The largest absolute Gasteiger partial charge is 0.487 e. The molecular formula is C20H26FN4O4+. The fourth-order valence-corrected chi connectivity index (χ4v) is 3.92. The van der Waals surface area contributed by atoms with Crippen LogP contribution in [0.15, 0.2) is 17.1 Å². The number of ether oxygens (including phenoxy) is 2. The average molecular weight is 405 g/mol. The van der Waals surface area contributed by atoms with Crippen molar-refractivity contribution in [2.75, 3.05) is 57.9 Å². The lowest BCUT2D eigenvalue weighted by molar-refractivity contribution is -0.371. The molecule has 1 aromatic carbocycles. The average Bonchev–Trinajstić information content (AvgIpc) is 2.71. The van der Waals surface area contributed by atoms with Crippen LogP contribution in [-0.2, 0) is 4.74 Å². The van der Waals surface area contributed by atoms with Gasteiger partial charge in [-0.15, -0.1) is 0 Å². The third-order valence-corrected chi connectivity index (χ3v) is 5.56. The molecule has 3 heterocycles. The van der Waals surface area contributed by atoms with Gasteiger partial charge in [0.25, 0.3) is 0 Å². The molecule has 2 aliphatic heterocycles. The Morgan fingerprint density at radius 1 is 1.34 bits per heavy atom. The standard InChI is InChI=1S/C20H25FN4O4/c1-12-11-29-19-16-13(9-15(21)17(19)24-6-4-23(2)5-7-24)18(26)14(10-25(12)16)20(27)28-8-3-22/h9-10,12H,3-8,11,22H2,1-2H3/p+1. The number of rotatable bonds is 4. The monoisotopic (exact) mass is 405 g/mol. The van der Waals surface area contributed by atoms with E-state index in [0.717, 1.165) is 13.1 Å². The molecule has 1 saturated heterocycles. The summed E-state index contributed by atoms with van der Waals surface area (Å²) < 4.78 is 28.1. The maximum Gasteiger partial charge on any atom is 0.343 e. The highest BCUT2D eigenvalue weighted by molar-refractivity contribution is 5.98. The zero-order valence-electron chi connectivity index (χ0n) is 16.7. The number of aromatic nitrogens is 1. The zero-order chi connectivity index (χ0) is 20.7. The Morgan fingerprint density at radius 3 is 2.76 bits per heavy atom. The summed E-state index contributed by atoms with van der Waals surface area (Å²) in [6.45, 7) is 5.75. The van der Waals surface area contributed by atoms with Crippen LogP contribution >= 0.6 is 0 Å². The number of anilines is 1. The first-order valence-corrected chi connectivity index (χ1v) is 9.86. The van der Waals surface area contributed by atoms with Crippen molar-refractivity contribution >= 4 is 22.6 Å². The van der Waals surface area contributed by atoms with Gasteiger partial charge >= 0.3 is 5.97 Å². The number of quaternary nitrogens is 1. The van der Waals surface area contributed by atoms with Crippen molar-refractivity contribution in [3.05, 3.63) is 33.9 Å². The third kappa shape index (κ3) is 3.34. The maximum absolute atomic E-state index is 15.2. The number of benzene rings is 1. The number of likely N-dealkylation sites (N-methyl/N-ethyl adjacent to an activating group) is 1. The lowest BCUT2D eigenvalue weighted by atomic mass is 10.1. The fraction of sp³-hybridized carbons (Fsp3) is 0.500. The van der Waals surface area contributed by atoms with E-state index >= 15 is 4.39 Å². The quantitative estimate of drug-likeness (QED) is 0.733. The number of hydrogen-bond donors (Lipinski definition) is 1. The third-order valence-electron chi connectivity index (χ3n) is 5.56. The van der Waals surface area contributed by atoms with Crippen molar-refractivity contribution < 1.29 is 24.4 Å². The van der Waals surface area contributed by atoms with Gasteiger partial charge < -0.3 is 29.6 Å². The van der Waals surface area contributed by atoms with Crippen molar-refractivity contribution in [2.45, 2.75) is 13.0 Å². The van der Waals surface area contributed by atoms with Crippen LogP contribution in [0.25, 0.3) is 10.9 Å². The second kappa shape index (κ2) is 7.64. The van der Waals surface area contributed by atoms with E-state index in [2.05, 4.69) is 10.6 Å². The highest BCUT2D eigenvalue weighted by atomic mass is 19.1. The minimum absolute atomic E-state index is 0.0996. The molecule has 0 saturated carbocycles. The Hall–Kier alpha value is -2.65. The molecule has 0 bridgehead atoms. The second-order valence-corrected chi connectivity index (χ2v) is 7.65. The summed E-state index contributed by atoms with van der Waals surface area (Å²) in [6.07, 6.45) is 1.51. The van der Waals surface area contributed by atoms with Crippen LogP contribution in [0.3, 0.4) is 0 Å². The molecule has 2 aliphatic rings. The summed E-state index contributed by atoms with van der Waals surface area (Å²) in [4.78, 5) is 29.5. The topological polar surface area (TPSA) is 91.7 Å². The number of pyridine rings is 1. The van der Waals surface area contributed by atoms with E-state index in [0.29, 0.717) is 43.2 Å².